The van der Waals surface area contributed by atoms with Gasteiger partial charge in [0.05, 0.1) is 12.2 Å². The van der Waals surface area contributed by atoms with Crippen molar-refractivity contribution in [1.82, 2.24) is 0 Å². The van der Waals surface area contributed by atoms with Crippen LogP contribution in [0.15, 0.2) is 0 Å². The molecule has 2 aliphatic rings. The Kier molecular flexibility index (Phi) is 4.05. The van der Waals surface area contributed by atoms with Crippen molar-refractivity contribution < 1.29 is 15.3 Å². The summed E-state index contributed by atoms with van der Waals surface area (Å²) in [6, 6.07) is 0. The van der Waals surface area contributed by atoms with Gasteiger partial charge < -0.3 is 15.3 Å². The molecule has 0 spiro atoms. The van der Waals surface area contributed by atoms with Crippen LogP contribution in [-0.2, 0) is 0 Å². The molecule has 3 N–H and O–H groups in total. The Morgan fingerprint density at radius 3 is 2.44 bits per heavy atom. The van der Waals surface area contributed by atoms with E-state index in [1.807, 2.05) is 6.92 Å². The Hall–Kier alpha value is -0.120. The predicted molar refractivity (Wildman–Crippen MR) is 71.0 cm³/mol. The third-order valence-electron chi connectivity index (χ3n) is 5.86. The molecule has 0 heterocycles. The van der Waals surface area contributed by atoms with Crippen LogP contribution in [-0.4, -0.2) is 34.1 Å². The first-order valence-electron chi connectivity index (χ1n) is 7.37. The average Bonchev–Trinajstić information content (AvgIpc) is 2.34. The Morgan fingerprint density at radius 1 is 1.22 bits per heavy atom. The summed E-state index contributed by atoms with van der Waals surface area (Å²) < 4.78 is 0. The molecule has 0 aliphatic heterocycles. The SMILES string of the molecule is C[C@@H]1[C@@H]2[C@@H](O)[C@H]([C@H](C)CO)CC[C@@]2(C)CC[C@@H]1O. The van der Waals surface area contributed by atoms with Gasteiger partial charge in [0.15, 0.2) is 0 Å². The molecule has 2 fully saturated rings. The molecule has 0 aromatic carbocycles. The van der Waals surface area contributed by atoms with E-state index < -0.39 is 0 Å². The lowest BCUT2D eigenvalue weighted by Crippen LogP contribution is -2.54. The van der Waals surface area contributed by atoms with Gasteiger partial charge in [-0.2, -0.15) is 0 Å². The highest BCUT2D eigenvalue weighted by atomic mass is 16.3. The first kappa shape index (κ1) is 14.3. The van der Waals surface area contributed by atoms with Gasteiger partial charge >= 0.3 is 0 Å². The monoisotopic (exact) mass is 256 g/mol. The minimum atomic E-state index is -0.379. The number of aliphatic hydroxyl groups is 3. The van der Waals surface area contributed by atoms with Crippen LogP contribution in [0, 0.1) is 29.1 Å². The second kappa shape index (κ2) is 5.10. The lowest BCUT2D eigenvalue weighted by Gasteiger charge is -2.55. The smallest absolute Gasteiger partial charge is 0.0608 e. The highest BCUT2D eigenvalue weighted by molar-refractivity contribution is 5.02. The summed E-state index contributed by atoms with van der Waals surface area (Å²) in [6.45, 7) is 6.49. The molecular weight excluding hydrogens is 228 g/mol. The minimum absolute atomic E-state index is 0.141. The maximum absolute atomic E-state index is 10.7. The van der Waals surface area contributed by atoms with Gasteiger partial charge in [0.25, 0.3) is 0 Å². The van der Waals surface area contributed by atoms with Crippen LogP contribution in [0.25, 0.3) is 0 Å². The average molecular weight is 256 g/mol. The van der Waals surface area contributed by atoms with Crippen molar-refractivity contribution in [2.24, 2.45) is 29.1 Å². The van der Waals surface area contributed by atoms with Crippen molar-refractivity contribution in [2.75, 3.05) is 6.61 Å². The maximum Gasteiger partial charge on any atom is 0.0608 e. The lowest BCUT2D eigenvalue weighted by atomic mass is 9.52. The molecule has 0 radical (unpaired) electrons. The van der Waals surface area contributed by atoms with E-state index in [9.17, 15) is 15.3 Å². The fourth-order valence-corrected chi connectivity index (χ4v) is 4.49. The van der Waals surface area contributed by atoms with E-state index in [1.54, 1.807) is 0 Å². The molecule has 0 aromatic heterocycles. The van der Waals surface area contributed by atoms with Crippen molar-refractivity contribution in [3.8, 4) is 0 Å². The van der Waals surface area contributed by atoms with Crippen molar-refractivity contribution >= 4 is 0 Å². The Bertz CT molecular complexity index is 293. The first-order valence-corrected chi connectivity index (χ1v) is 7.37. The quantitative estimate of drug-likeness (QED) is 0.706. The van der Waals surface area contributed by atoms with Crippen molar-refractivity contribution in [2.45, 2.75) is 58.7 Å². The number of hydrogen-bond donors (Lipinski definition) is 3. The van der Waals surface area contributed by atoms with E-state index in [2.05, 4.69) is 13.8 Å². The van der Waals surface area contributed by atoms with Crippen LogP contribution >= 0.6 is 0 Å². The fraction of sp³-hybridized carbons (Fsp3) is 1.00. The molecule has 0 unspecified atom stereocenters. The zero-order valence-electron chi connectivity index (χ0n) is 11.8. The standard InChI is InChI=1S/C15H28O3/c1-9(8-16)11-4-6-15(3)7-5-12(17)10(2)13(15)14(11)18/h9-14,16-18H,4-8H2,1-3H3/t9-,10+,11+,12+,13-,14+,15+/m1/s1. The number of aliphatic hydroxyl groups excluding tert-OH is 3. The molecule has 0 saturated heterocycles. The molecule has 0 amide bonds. The third-order valence-corrected chi connectivity index (χ3v) is 5.86. The minimum Gasteiger partial charge on any atom is -0.396 e. The molecule has 7 atom stereocenters. The summed E-state index contributed by atoms with van der Waals surface area (Å²) in [5.41, 5.74) is 0.170. The Balaban J connectivity index is 2.21. The fourth-order valence-electron chi connectivity index (χ4n) is 4.49. The third kappa shape index (κ3) is 2.21. The van der Waals surface area contributed by atoms with E-state index in [4.69, 9.17) is 0 Å². The highest BCUT2D eigenvalue weighted by Gasteiger charge is 2.52. The van der Waals surface area contributed by atoms with Crippen LogP contribution in [0.3, 0.4) is 0 Å². The van der Waals surface area contributed by atoms with Crippen LogP contribution in [0.4, 0.5) is 0 Å². The molecule has 2 saturated carbocycles. The van der Waals surface area contributed by atoms with Gasteiger partial charge in [-0.25, -0.2) is 0 Å². The van der Waals surface area contributed by atoms with Crippen LogP contribution in [0.5, 0.6) is 0 Å². The highest BCUT2D eigenvalue weighted by Crippen LogP contribution is 2.54. The molecule has 2 rings (SSSR count). The molecule has 0 aromatic rings. The molecule has 2 aliphatic carbocycles. The molecule has 106 valence electrons. The van der Waals surface area contributed by atoms with E-state index in [1.165, 1.54) is 0 Å². The van der Waals surface area contributed by atoms with E-state index >= 15 is 0 Å². The van der Waals surface area contributed by atoms with Crippen LogP contribution in [0.2, 0.25) is 0 Å². The number of fused-ring (bicyclic) bond motifs is 1. The zero-order chi connectivity index (χ0) is 13.5. The summed E-state index contributed by atoms with van der Waals surface area (Å²) in [7, 11) is 0. The van der Waals surface area contributed by atoms with Gasteiger partial charge in [-0.05, 0) is 54.8 Å². The number of rotatable bonds is 2. The predicted octanol–water partition coefficient (Wildman–Crippen LogP) is 1.80. The lowest BCUT2D eigenvalue weighted by molar-refractivity contribution is -0.146. The number of hydrogen-bond acceptors (Lipinski definition) is 3. The van der Waals surface area contributed by atoms with Crippen molar-refractivity contribution in [1.29, 1.82) is 0 Å². The van der Waals surface area contributed by atoms with Gasteiger partial charge in [-0.3, -0.25) is 0 Å². The second-order valence-corrected chi connectivity index (χ2v) is 7.00. The summed E-state index contributed by atoms with van der Waals surface area (Å²) in [5.74, 6) is 0.665. The Labute approximate surface area is 110 Å². The van der Waals surface area contributed by atoms with Crippen LogP contribution < -0.4 is 0 Å². The molecular formula is C15H28O3. The van der Waals surface area contributed by atoms with Gasteiger partial charge in [0, 0.05) is 6.61 Å². The van der Waals surface area contributed by atoms with Gasteiger partial charge in [-0.1, -0.05) is 20.8 Å². The topological polar surface area (TPSA) is 60.7 Å². The summed E-state index contributed by atoms with van der Waals surface area (Å²) in [5, 5.41) is 30.1. The largest absolute Gasteiger partial charge is 0.396 e. The van der Waals surface area contributed by atoms with E-state index in [-0.39, 0.29) is 47.9 Å². The summed E-state index contributed by atoms with van der Waals surface area (Å²) in [6.07, 6.45) is 3.33. The van der Waals surface area contributed by atoms with Gasteiger partial charge in [0.1, 0.15) is 0 Å². The second-order valence-electron chi connectivity index (χ2n) is 7.00. The maximum atomic E-state index is 10.7. The van der Waals surface area contributed by atoms with E-state index in [0.717, 1.165) is 25.7 Å². The molecule has 0 bridgehead atoms. The zero-order valence-corrected chi connectivity index (χ0v) is 11.8. The van der Waals surface area contributed by atoms with Gasteiger partial charge in [0.2, 0.25) is 0 Å². The van der Waals surface area contributed by atoms with Gasteiger partial charge in [-0.15, -0.1) is 0 Å². The van der Waals surface area contributed by atoms with Crippen molar-refractivity contribution in [3.05, 3.63) is 0 Å². The summed E-state index contributed by atoms with van der Waals surface area (Å²) >= 11 is 0. The first-order chi connectivity index (χ1) is 8.40. The molecule has 3 nitrogen and oxygen atoms in total. The summed E-state index contributed by atoms with van der Waals surface area (Å²) in [4.78, 5) is 0. The van der Waals surface area contributed by atoms with Crippen molar-refractivity contribution in [3.63, 3.8) is 0 Å². The normalized spacial score (nSPS) is 50.7. The molecule has 3 heteroatoms. The Morgan fingerprint density at radius 2 is 1.83 bits per heavy atom. The van der Waals surface area contributed by atoms with E-state index in [0.29, 0.717) is 0 Å². The van der Waals surface area contributed by atoms with Crippen LogP contribution in [0.1, 0.15) is 46.5 Å². The molecule has 18 heavy (non-hydrogen) atoms.